The van der Waals surface area contributed by atoms with E-state index in [9.17, 15) is 4.79 Å². The van der Waals surface area contributed by atoms with Crippen LogP contribution in [0.5, 0.6) is 0 Å². The largest absolute Gasteiger partial charge is 0.274 e. The lowest BCUT2D eigenvalue weighted by atomic mass is 10.2. The third-order valence-corrected chi connectivity index (χ3v) is 2.68. The van der Waals surface area contributed by atoms with Gasteiger partial charge < -0.3 is 0 Å². The van der Waals surface area contributed by atoms with Gasteiger partial charge in [0.25, 0.3) is 5.91 Å². The number of hydrogen-bond acceptors (Lipinski definition) is 3. The van der Waals surface area contributed by atoms with Crippen LogP contribution in [-0.4, -0.2) is 18.8 Å². The zero-order valence-corrected chi connectivity index (χ0v) is 10.6. The van der Waals surface area contributed by atoms with E-state index in [1.807, 2.05) is 32.2 Å². The van der Waals surface area contributed by atoms with E-state index in [0.29, 0.717) is 18.1 Å². The van der Waals surface area contributed by atoms with Crippen molar-refractivity contribution < 1.29 is 9.63 Å². The first-order valence-electron chi connectivity index (χ1n) is 5.19. The van der Waals surface area contributed by atoms with Crippen LogP contribution < -0.4 is 5.48 Å². The van der Waals surface area contributed by atoms with E-state index in [0.717, 1.165) is 4.90 Å². The lowest BCUT2D eigenvalue weighted by molar-refractivity contribution is 0.0208. The molecule has 16 heavy (non-hydrogen) atoms. The molecule has 0 fully saturated rings. The summed E-state index contributed by atoms with van der Waals surface area (Å²) in [6.07, 6.45) is 2.00. The lowest BCUT2D eigenvalue weighted by Gasteiger charge is -2.07. The summed E-state index contributed by atoms with van der Waals surface area (Å²) in [5.74, 6) is 0.201. The first-order chi connectivity index (χ1) is 7.63. The van der Waals surface area contributed by atoms with Crippen molar-refractivity contribution in [3.8, 4) is 0 Å². The van der Waals surface area contributed by atoms with Gasteiger partial charge in [0.2, 0.25) is 0 Å². The Morgan fingerprint density at radius 1 is 1.38 bits per heavy atom. The van der Waals surface area contributed by atoms with Crippen molar-refractivity contribution in [1.82, 2.24) is 5.48 Å². The summed E-state index contributed by atoms with van der Waals surface area (Å²) in [7, 11) is 0. The SMILES string of the molecule is CSc1ccc(C(=O)NOCC(C)C)cc1. The van der Waals surface area contributed by atoms with Crippen molar-refractivity contribution in [2.24, 2.45) is 5.92 Å². The Bertz CT molecular complexity index is 335. The molecule has 1 amide bonds. The average Bonchev–Trinajstić information content (AvgIpc) is 2.28. The van der Waals surface area contributed by atoms with Crippen molar-refractivity contribution in [2.75, 3.05) is 12.9 Å². The molecule has 0 aliphatic carbocycles. The fourth-order valence-electron chi connectivity index (χ4n) is 1.08. The molecule has 3 nitrogen and oxygen atoms in total. The van der Waals surface area contributed by atoms with E-state index in [1.54, 1.807) is 23.9 Å². The Morgan fingerprint density at radius 3 is 2.50 bits per heavy atom. The molecule has 0 bridgehead atoms. The number of hydroxylamine groups is 1. The van der Waals surface area contributed by atoms with Gasteiger partial charge in [0.1, 0.15) is 0 Å². The van der Waals surface area contributed by atoms with Gasteiger partial charge in [-0.15, -0.1) is 11.8 Å². The Morgan fingerprint density at radius 2 is 2.00 bits per heavy atom. The number of benzene rings is 1. The predicted molar refractivity (Wildman–Crippen MR) is 66.5 cm³/mol. The first kappa shape index (κ1) is 13.1. The molecule has 1 rings (SSSR count). The van der Waals surface area contributed by atoms with Crippen LogP contribution in [0.4, 0.5) is 0 Å². The molecule has 0 saturated carbocycles. The minimum atomic E-state index is -0.201. The fourth-order valence-corrected chi connectivity index (χ4v) is 1.48. The minimum Gasteiger partial charge on any atom is -0.273 e. The van der Waals surface area contributed by atoms with Crippen LogP contribution in [0.3, 0.4) is 0 Å². The molecule has 1 aromatic carbocycles. The van der Waals surface area contributed by atoms with Gasteiger partial charge in [-0.2, -0.15) is 0 Å². The second kappa shape index (κ2) is 6.55. The average molecular weight is 239 g/mol. The van der Waals surface area contributed by atoms with Crippen LogP contribution >= 0.6 is 11.8 Å². The van der Waals surface area contributed by atoms with Gasteiger partial charge in [-0.05, 0) is 36.4 Å². The summed E-state index contributed by atoms with van der Waals surface area (Å²) in [4.78, 5) is 17.8. The summed E-state index contributed by atoms with van der Waals surface area (Å²) >= 11 is 1.65. The molecule has 1 N–H and O–H groups in total. The molecule has 0 spiro atoms. The van der Waals surface area contributed by atoms with E-state index in [2.05, 4.69) is 5.48 Å². The molecule has 0 radical (unpaired) electrons. The summed E-state index contributed by atoms with van der Waals surface area (Å²) < 4.78 is 0. The number of carbonyl (C=O) groups is 1. The Labute approximate surface area is 101 Å². The molecule has 0 saturated heterocycles. The zero-order valence-electron chi connectivity index (χ0n) is 9.82. The van der Waals surface area contributed by atoms with Crippen molar-refractivity contribution in [2.45, 2.75) is 18.7 Å². The van der Waals surface area contributed by atoms with Crippen LogP contribution in [-0.2, 0) is 4.84 Å². The Kier molecular flexibility index (Phi) is 5.35. The third kappa shape index (κ3) is 4.24. The molecule has 0 unspecified atom stereocenters. The number of carbonyl (C=O) groups excluding carboxylic acids is 1. The van der Waals surface area contributed by atoms with Gasteiger partial charge in [-0.25, -0.2) is 5.48 Å². The zero-order chi connectivity index (χ0) is 12.0. The molecule has 1 aromatic rings. The molecule has 0 aliphatic heterocycles. The minimum absolute atomic E-state index is 0.201. The third-order valence-electron chi connectivity index (χ3n) is 1.93. The Balaban J connectivity index is 2.46. The summed E-state index contributed by atoms with van der Waals surface area (Å²) in [5, 5.41) is 0. The second-order valence-corrected chi connectivity index (χ2v) is 4.74. The lowest BCUT2D eigenvalue weighted by Crippen LogP contribution is -2.25. The topological polar surface area (TPSA) is 38.3 Å². The number of hydrogen-bond donors (Lipinski definition) is 1. The summed E-state index contributed by atoms with van der Waals surface area (Å²) in [5.41, 5.74) is 3.03. The predicted octanol–water partition coefficient (Wildman–Crippen LogP) is 2.73. The van der Waals surface area contributed by atoms with Gasteiger partial charge in [0, 0.05) is 10.5 Å². The van der Waals surface area contributed by atoms with E-state index < -0.39 is 0 Å². The fraction of sp³-hybridized carbons (Fsp3) is 0.417. The van der Waals surface area contributed by atoms with Crippen molar-refractivity contribution >= 4 is 17.7 Å². The molecular formula is C12H17NO2S. The normalized spacial score (nSPS) is 10.5. The van der Waals surface area contributed by atoms with Gasteiger partial charge in [-0.1, -0.05) is 13.8 Å². The smallest absolute Gasteiger partial charge is 0.273 e. The quantitative estimate of drug-likeness (QED) is 0.634. The second-order valence-electron chi connectivity index (χ2n) is 3.86. The molecule has 0 aliphatic rings. The van der Waals surface area contributed by atoms with Crippen LogP contribution in [0.15, 0.2) is 29.2 Å². The van der Waals surface area contributed by atoms with Gasteiger partial charge in [0.05, 0.1) is 6.61 Å². The van der Waals surface area contributed by atoms with E-state index >= 15 is 0 Å². The van der Waals surface area contributed by atoms with Crippen LogP contribution in [0, 0.1) is 5.92 Å². The standard InChI is InChI=1S/C12H17NO2S/c1-9(2)8-15-13-12(14)10-4-6-11(16-3)7-5-10/h4-7,9H,8H2,1-3H3,(H,13,14). The monoisotopic (exact) mass is 239 g/mol. The van der Waals surface area contributed by atoms with Crippen molar-refractivity contribution in [1.29, 1.82) is 0 Å². The molecule has 88 valence electrons. The van der Waals surface area contributed by atoms with Gasteiger partial charge >= 0.3 is 0 Å². The summed E-state index contributed by atoms with van der Waals surface area (Å²) in [6, 6.07) is 7.42. The maximum Gasteiger partial charge on any atom is 0.274 e. The Hall–Kier alpha value is -1.00. The number of thioether (sulfide) groups is 1. The van der Waals surface area contributed by atoms with Gasteiger partial charge in [0.15, 0.2) is 0 Å². The number of rotatable bonds is 5. The number of nitrogens with one attached hydrogen (secondary N) is 1. The van der Waals surface area contributed by atoms with Crippen LogP contribution in [0.25, 0.3) is 0 Å². The van der Waals surface area contributed by atoms with Gasteiger partial charge in [-0.3, -0.25) is 9.63 Å². The highest BCUT2D eigenvalue weighted by Crippen LogP contribution is 2.14. The van der Waals surface area contributed by atoms with E-state index in [1.165, 1.54) is 0 Å². The first-order valence-corrected chi connectivity index (χ1v) is 6.42. The molecule has 0 atom stereocenters. The van der Waals surface area contributed by atoms with Crippen LogP contribution in [0.2, 0.25) is 0 Å². The van der Waals surface area contributed by atoms with E-state index in [-0.39, 0.29) is 5.91 Å². The number of amides is 1. The molecular weight excluding hydrogens is 222 g/mol. The molecule has 0 heterocycles. The highest BCUT2D eigenvalue weighted by molar-refractivity contribution is 7.98. The maximum atomic E-state index is 11.6. The van der Waals surface area contributed by atoms with Crippen molar-refractivity contribution in [3.05, 3.63) is 29.8 Å². The highest BCUT2D eigenvalue weighted by atomic mass is 32.2. The van der Waals surface area contributed by atoms with Crippen molar-refractivity contribution in [3.63, 3.8) is 0 Å². The molecule has 4 heteroatoms. The highest BCUT2D eigenvalue weighted by Gasteiger charge is 2.05. The molecule has 0 aromatic heterocycles. The van der Waals surface area contributed by atoms with Crippen LogP contribution in [0.1, 0.15) is 24.2 Å². The summed E-state index contributed by atoms with van der Waals surface area (Å²) in [6.45, 7) is 4.58. The van der Waals surface area contributed by atoms with E-state index in [4.69, 9.17) is 4.84 Å². The maximum absolute atomic E-state index is 11.6.